The summed E-state index contributed by atoms with van der Waals surface area (Å²) in [6.45, 7) is -0.428. The molecule has 2 atom stereocenters. The van der Waals surface area contributed by atoms with Crippen molar-refractivity contribution in [1.82, 2.24) is 10.2 Å². The Bertz CT molecular complexity index is 1210. The molecule has 1 saturated heterocycles. The van der Waals surface area contributed by atoms with Gasteiger partial charge in [-0.05, 0) is 55.3 Å². The van der Waals surface area contributed by atoms with Crippen molar-refractivity contribution >= 4 is 47.0 Å². The first-order valence-corrected chi connectivity index (χ1v) is 12.0. The minimum absolute atomic E-state index is 0.0408. The number of benzene rings is 2. The van der Waals surface area contributed by atoms with Gasteiger partial charge in [0.05, 0.1) is 26.0 Å². The number of hydrogen-bond donors (Lipinski definition) is 3. The van der Waals surface area contributed by atoms with Gasteiger partial charge in [0.1, 0.15) is 6.04 Å². The second-order valence-corrected chi connectivity index (χ2v) is 9.20. The third-order valence-corrected chi connectivity index (χ3v) is 6.58. The highest BCUT2D eigenvalue weighted by molar-refractivity contribution is 6.30. The second kappa shape index (κ2) is 11.0. The molecule has 12 heteroatoms. The van der Waals surface area contributed by atoms with Crippen LogP contribution in [-0.2, 0) is 19.9 Å². The lowest BCUT2D eigenvalue weighted by molar-refractivity contribution is -0.141. The van der Waals surface area contributed by atoms with Crippen molar-refractivity contribution in [3.63, 3.8) is 0 Å². The predicted molar refractivity (Wildman–Crippen MR) is 133 cm³/mol. The van der Waals surface area contributed by atoms with Crippen LogP contribution in [0.1, 0.15) is 35.2 Å². The zero-order valence-electron chi connectivity index (χ0n) is 20.0. The van der Waals surface area contributed by atoms with Gasteiger partial charge in [0.2, 0.25) is 5.91 Å². The van der Waals surface area contributed by atoms with Gasteiger partial charge in [-0.1, -0.05) is 11.6 Å². The van der Waals surface area contributed by atoms with Gasteiger partial charge in [-0.3, -0.25) is 24.6 Å². The number of ether oxygens (including phenoxy) is 2. The SMILES string of the molecule is COC(=O)Nc1ccc(C(=O)N[C@@H](CCF)C(=O)N2CCC[C@@]3(C2)OC(=O)Nc2ccc(Cl)cc23)cc1. The van der Waals surface area contributed by atoms with Gasteiger partial charge in [-0.2, -0.15) is 0 Å². The average molecular weight is 533 g/mol. The average Bonchev–Trinajstić information content (AvgIpc) is 2.89. The molecule has 2 aliphatic rings. The summed E-state index contributed by atoms with van der Waals surface area (Å²) in [4.78, 5) is 51.4. The van der Waals surface area contributed by atoms with Crippen LogP contribution in [0, 0.1) is 0 Å². The van der Waals surface area contributed by atoms with E-state index in [4.69, 9.17) is 16.3 Å². The number of nitrogens with zero attached hydrogens (tertiary/aromatic N) is 1. The van der Waals surface area contributed by atoms with Crippen LogP contribution >= 0.6 is 11.6 Å². The summed E-state index contributed by atoms with van der Waals surface area (Å²) in [5.74, 6) is -1.05. The third kappa shape index (κ3) is 5.77. The molecular formula is C25H26ClFN4O6. The van der Waals surface area contributed by atoms with Crippen LogP contribution in [0.2, 0.25) is 5.02 Å². The molecule has 1 spiro atoms. The van der Waals surface area contributed by atoms with E-state index in [2.05, 4.69) is 20.7 Å². The van der Waals surface area contributed by atoms with E-state index in [0.717, 1.165) is 0 Å². The lowest BCUT2D eigenvalue weighted by Crippen LogP contribution is -2.57. The fourth-order valence-electron chi connectivity index (χ4n) is 4.59. The number of methoxy groups -OCH3 is 1. The zero-order valence-corrected chi connectivity index (χ0v) is 20.8. The van der Waals surface area contributed by atoms with Crippen LogP contribution in [0.4, 0.5) is 25.4 Å². The van der Waals surface area contributed by atoms with Gasteiger partial charge >= 0.3 is 12.2 Å². The Morgan fingerprint density at radius 3 is 2.70 bits per heavy atom. The van der Waals surface area contributed by atoms with E-state index in [-0.39, 0.29) is 18.5 Å². The monoisotopic (exact) mass is 532 g/mol. The quantitative estimate of drug-likeness (QED) is 0.515. The van der Waals surface area contributed by atoms with Crippen LogP contribution in [-0.4, -0.2) is 61.8 Å². The number of amides is 4. The molecule has 0 bridgehead atoms. The molecule has 0 saturated carbocycles. The van der Waals surface area contributed by atoms with Crippen molar-refractivity contribution in [1.29, 1.82) is 0 Å². The number of halogens is 2. The Hall–Kier alpha value is -3.86. The maximum Gasteiger partial charge on any atom is 0.412 e. The summed E-state index contributed by atoms with van der Waals surface area (Å²) in [5, 5.41) is 8.18. The molecule has 2 heterocycles. The first-order valence-electron chi connectivity index (χ1n) is 11.7. The standard InChI is InChI=1S/C25H26ClFN4O6/c1-36-23(34)28-17-6-3-15(4-7-17)21(32)29-20(9-11-27)22(33)31-12-2-10-25(14-31)18-13-16(26)5-8-19(18)30-24(35)37-25/h3-8,13,20H,2,9-12,14H2,1H3,(H,28,34)(H,29,32)(H,30,35)/t20-,25-/m0/s1. The van der Waals surface area contributed by atoms with E-state index in [0.29, 0.717) is 41.3 Å². The molecule has 0 aromatic heterocycles. The molecule has 2 aromatic rings. The lowest BCUT2D eigenvalue weighted by Gasteiger charge is -2.45. The third-order valence-electron chi connectivity index (χ3n) is 6.34. The van der Waals surface area contributed by atoms with Crippen molar-refractivity contribution in [2.75, 3.05) is 37.5 Å². The minimum atomic E-state index is -1.13. The van der Waals surface area contributed by atoms with Crippen LogP contribution in [0.25, 0.3) is 0 Å². The van der Waals surface area contributed by atoms with Gasteiger partial charge in [0.15, 0.2) is 5.60 Å². The predicted octanol–water partition coefficient (Wildman–Crippen LogP) is 4.06. The first-order chi connectivity index (χ1) is 17.7. The van der Waals surface area contributed by atoms with E-state index in [1.807, 2.05) is 0 Å². The molecule has 37 heavy (non-hydrogen) atoms. The number of piperidine rings is 1. The molecule has 3 N–H and O–H groups in total. The topological polar surface area (TPSA) is 126 Å². The Kier molecular flexibility index (Phi) is 7.82. The largest absolute Gasteiger partial charge is 0.453 e. The number of rotatable bonds is 6. The van der Waals surface area contributed by atoms with Crippen molar-refractivity contribution in [2.24, 2.45) is 0 Å². The molecule has 196 valence electrons. The Morgan fingerprint density at radius 1 is 1.24 bits per heavy atom. The summed E-state index contributed by atoms with van der Waals surface area (Å²) < 4.78 is 23.6. The molecule has 1 fully saturated rings. The van der Waals surface area contributed by atoms with Gasteiger partial charge in [0.25, 0.3) is 5.91 Å². The molecule has 4 rings (SSSR count). The molecular weight excluding hydrogens is 507 g/mol. The number of fused-ring (bicyclic) bond motifs is 2. The van der Waals surface area contributed by atoms with Gasteiger partial charge in [-0.15, -0.1) is 0 Å². The smallest absolute Gasteiger partial charge is 0.412 e. The second-order valence-electron chi connectivity index (χ2n) is 8.76. The fraction of sp³-hybridized carbons (Fsp3) is 0.360. The van der Waals surface area contributed by atoms with E-state index in [1.165, 1.54) is 36.3 Å². The number of alkyl halides is 1. The van der Waals surface area contributed by atoms with E-state index < -0.39 is 42.3 Å². The molecule has 10 nitrogen and oxygen atoms in total. The number of hydrogen-bond acceptors (Lipinski definition) is 6. The van der Waals surface area contributed by atoms with Crippen LogP contribution in [0.15, 0.2) is 42.5 Å². The molecule has 4 amide bonds. The Labute approximate surface area is 217 Å². The summed E-state index contributed by atoms with van der Waals surface area (Å²) in [5.41, 5.74) is 0.731. The van der Waals surface area contributed by atoms with E-state index >= 15 is 0 Å². The molecule has 0 radical (unpaired) electrons. The van der Waals surface area contributed by atoms with Gasteiger partial charge < -0.3 is 19.7 Å². The van der Waals surface area contributed by atoms with Gasteiger partial charge in [-0.25, -0.2) is 9.59 Å². The zero-order chi connectivity index (χ0) is 26.6. The molecule has 0 aliphatic carbocycles. The van der Waals surface area contributed by atoms with Crippen molar-refractivity contribution in [2.45, 2.75) is 30.9 Å². The highest BCUT2D eigenvalue weighted by Gasteiger charge is 2.47. The maximum atomic E-state index is 13.5. The number of anilines is 2. The van der Waals surface area contributed by atoms with E-state index in [9.17, 15) is 23.6 Å². The molecule has 0 unspecified atom stereocenters. The number of carbonyl (C=O) groups excluding carboxylic acids is 4. The molecule has 2 aromatic carbocycles. The highest BCUT2D eigenvalue weighted by Crippen LogP contribution is 2.43. The summed E-state index contributed by atoms with van der Waals surface area (Å²) in [6.07, 6.45) is -0.517. The van der Waals surface area contributed by atoms with Gasteiger partial charge in [0, 0.05) is 34.8 Å². The van der Waals surface area contributed by atoms with Crippen molar-refractivity contribution in [3.8, 4) is 0 Å². The summed E-state index contributed by atoms with van der Waals surface area (Å²) in [6, 6.07) is 9.82. The van der Waals surface area contributed by atoms with Crippen LogP contribution < -0.4 is 16.0 Å². The minimum Gasteiger partial charge on any atom is -0.453 e. The lowest BCUT2D eigenvalue weighted by atomic mass is 9.83. The van der Waals surface area contributed by atoms with E-state index in [1.54, 1.807) is 18.2 Å². The normalized spacial score (nSPS) is 19.2. The number of nitrogens with one attached hydrogen (secondary N) is 3. The highest BCUT2D eigenvalue weighted by atomic mass is 35.5. The summed E-state index contributed by atoms with van der Waals surface area (Å²) >= 11 is 6.20. The number of likely N-dealkylation sites (tertiary alicyclic amines) is 1. The Morgan fingerprint density at radius 2 is 2.00 bits per heavy atom. The van der Waals surface area contributed by atoms with Crippen LogP contribution in [0.3, 0.4) is 0 Å². The van der Waals surface area contributed by atoms with Crippen molar-refractivity contribution < 1.29 is 33.0 Å². The molecule has 2 aliphatic heterocycles. The Balaban J connectivity index is 1.50. The first kappa shape index (κ1) is 26.2. The van der Waals surface area contributed by atoms with Crippen molar-refractivity contribution in [3.05, 3.63) is 58.6 Å². The maximum absolute atomic E-state index is 13.5. The fourth-order valence-corrected chi connectivity index (χ4v) is 4.76. The van der Waals surface area contributed by atoms with Crippen LogP contribution in [0.5, 0.6) is 0 Å². The number of carbonyl (C=O) groups is 4. The summed E-state index contributed by atoms with van der Waals surface area (Å²) in [7, 11) is 1.23.